The third-order valence-electron chi connectivity index (χ3n) is 6.11. The summed E-state index contributed by atoms with van der Waals surface area (Å²) >= 11 is 0. The molecule has 0 radical (unpaired) electrons. The average molecular weight is 585 g/mol. The number of amides is 1. The Labute approximate surface area is 242 Å². The largest absolute Gasteiger partial charge is 0.492 e. The van der Waals surface area contributed by atoms with E-state index in [1.807, 2.05) is 41.8 Å². The topological polar surface area (TPSA) is 135 Å². The lowest BCUT2D eigenvalue weighted by molar-refractivity contribution is 0.102. The number of aromatic nitrogens is 2. The predicted molar refractivity (Wildman–Crippen MR) is 162 cm³/mol. The van der Waals surface area contributed by atoms with Crippen molar-refractivity contribution < 1.29 is 22.7 Å². The number of anilines is 2. The van der Waals surface area contributed by atoms with Crippen LogP contribution in [0.3, 0.4) is 0 Å². The molecule has 41 heavy (non-hydrogen) atoms. The number of rotatable bonds is 12. The average Bonchev–Trinajstić information content (AvgIpc) is 2.86. The molecule has 3 N–H and O–H groups in total. The van der Waals surface area contributed by atoms with E-state index in [0.717, 1.165) is 36.2 Å². The lowest BCUT2D eigenvalue weighted by Gasteiger charge is -2.24. The number of sulfonamides is 1. The van der Waals surface area contributed by atoms with Crippen LogP contribution in [0, 0.1) is 6.92 Å². The van der Waals surface area contributed by atoms with Gasteiger partial charge in [0.2, 0.25) is 15.9 Å². The van der Waals surface area contributed by atoms with Crippen molar-refractivity contribution in [1.29, 1.82) is 0 Å². The van der Waals surface area contributed by atoms with E-state index < -0.39 is 15.9 Å². The second-order valence-corrected chi connectivity index (χ2v) is 12.8. The highest BCUT2D eigenvalue weighted by Crippen LogP contribution is 2.39. The van der Waals surface area contributed by atoms with Crippen molar-refractivity contribution in [3.8, 4) is 17.4 Å². The van der Waals surface area contributed by atoms with Crippen molar-refractivity contribution in [3.63, 3.8) is 0 Å². The first kappa shape index (κ1) is 31.8. The van der Waals surface area contributed by atoms with Crippen LogP contribution in [-0.4, -0.2) is 69.7 Å². The molecule has 0 aliphatic heterocycles. The van der Waals surface area contributed by atoms with Crippen LogP contribution in [-0.2, 0) is 22.0 Å². The molecule has 3 aromatic rings. The molecule has 2 aromatic carbocycles. The van der Waals surface area contributed by atoms with Crippen LogP contribution >= 0.6 is 0 Å². The number of likely N-dealkylation sites (N-methyl/N-ethyl adjacent to an activating group) is 1. The second kappa shape index (κ2) is 13.3. The lowest BCUT2D eigenvalue weighted by atomic mass is 9.86. The third kappa shape index (κ3) is 9.41. The highest BCUT2D eigenvalue weighted by molar-refractivity contribution is 7.92. The molecule has 0 bridgehead atoms. The highest BCUT2D eigenvalue weighted by Gasteiger charge is 2.23. The van der Waals surface area contributed by atoms with Gasteiger partial charge in [0.05, 0.1) is 30.4 Å². The van der Waals surface area contributed by atoms with Crippen LogP contribution in [0.5, 0.6) is 17.4 Å². The number of aryl methyl sites for hydroxylation is 1. The Bertz CT molecular complexity index is 1490. The summed E-state index contributed by atoms with van der Waals surface area (Å²) in [6, 6.07) is 10.4. The minimum atomic E-state index is -3.60. The predicted octanol–water partition coefficient (Wildman–Crippen LogP) is 4.16. The van der Waals surface area contributed by atoms with E-state index in [1.165, 1.54) is 13.4 Å². The molecule has 3 rings (SSSR count). The van der Waals surface area contributed by atoms with Crippen LogP contribution in [0.15, 0.2) is 42.7 Å². The molecule has 1 heterocycles. The van der Waals surface area contributed by atoms with Gasteiger partial charge in [-0.2, -0.15) is 0 Å². The fourth-order valence-corrected chi connectivity index (χ4v) is 4.41. The van der Waals surface area contributed by atoms with E-state index >= 15 is 0 Å². The Morgan fingerprint density at radius 3 is 2.39 bits per heavy atom. The third-order valence-corrected chi connectivity index (χ3v) is 6.70. The summed E-state index contributed by atoms with van der Waals surface area (Å²) < 4.78 is 38.1. The summed E-state index contributed by atoms with van der Waals surface area (Å²) in [6.45, 7) is 10.1. The van der Waals surface area contributed by atoms with Crippen LogP contribution in [0.25, 0.3) is 0 Å². The molecule has 12 heteroatoms. The van der Waals surface area contributed by atoms with Gasteiger partial charge in [-0.3, -0.25) is 9.52 Å². The molecule has 222 valence electrons. The van der Waals surface area contributed by atoms with Gasteiger partial charge >= 0.3 is 0 Å². The van der Waals surface area contributed by atoms with Gasteiger partial charge in [-0.05, 0) is 61.8 Å². The zero-order valence-corrected chi connectivity index (χ0v) is 25.8. The molecule has 0 atom stereocenters. The van der Waals surface area contributed by atoms with Crippen molar-refractivity contribution in [2.45, 2.75) is 39.7 Å². The van der Waals surface area contributed by atoms with Gasteiger partial charge in [-0.1, -0.05) is 26.8 Å². The van der Waals surface area contributed by atoms with Gasteiger partial charge in [0.1, 0.15) is 12.1 Å². The van der Waals surface area contributed by atoms with E-state index in [0.29, 0.717) is 29.4 Å². The first-order valence-electron chi connectivity index (χ1n) is 13.1. The van der Waals surface area contributed by atoms with Crippen molar-refractivity contribution in [3.05, 3.63) is 65.1 Å². The molecule has 11 nitrogen and oxygen atoms in total. The smallest absolute Gasteiger partial charge is 0.255 e. The van der Waals surface area contributed by atoms with Crippen LogP contribution in [0.1, 0.15) is 48.0 Å². The monoisotopic (exact) mass is 584 g/mol. The number of benzene rings is 2. The summed E-state index contributed by atoms with van der Waals surface area (Å²) in [7, 11) is 1.85. The maximum absolute atomic E-state index is 13.4. The first-order valence-corrected chi connectivity index (χ1v) is 15.0. The van der Waals surface area contributed by atoms with Crippen LogP contribution in [0.4, 0.5) is 11.4 Å². The van der Waals surface area contributed by atoms with Crippen molar-refractivity contribution in [2.24, 2.45) is 0 Å². The number of hydrogen-bond donors (Lipinski definition) is 3. The minimum absolute atomic E-state index is 0.202. The standard InChI is InChI=1S/C29H40N6O5S/c1-19-9-10-20(13-25(19)40-26-16-22(31-18-32-26)17-30-11-12-35(5)6)28(36)33-23-14-21(29(2,3)4)15-24(27(23)39-7)34-41(8,37)38/h9-10,13-16,18,30,34H,11-12,17H2,1-8H3,(H,33,36). The van der Waals surface area contributed by atoms with Crippen molar-refractivity contribution >= 4 is 27.3 Å². The number of carbonyl (C=O) groups is 1. The molecule has 1 amide bonds. The van der Waals surface area contributed by atoms with E-state index in [4.69, 9.17) is 9.47 Å². The van der Waals surface area contributed by atoms with Crippen LogP contribution in [0.2, 0.25) is 0 Å². The molecule has 0 saturated heterocycles. The molecule has 1 aromatic heterocycles. The van der Waals surface area contributed by atoms with Gasteiger partial charge < -0.3 is 25.0 Å². The van der Waals surface area contributed by atoms with Gasteiger partial charge in [0.25, 0.3) is 5.91 Å². The molecule has 0 fully saturated rings. The Kier molecular flexibility index (Phi) is 10.3. The van der Waals surface area contributed by atoms with Gasteiger partial charge in [0.15, 0.2) is 5.75 Å². The van der Waals surface area contributed by atoms with Crippen molar-refractivity contribution in [1.82, 2.24) is 20.2 Å². The number of nitrogens with zero attached hydrogens (tertiary/aromatic N) is 3. The zero-order valence-electron chi connectivity index (χ0n) is 25.0. The molecule has 0 unspecified atom stereocenters. The molecule has 0 aliphatic rings. The fraction of sp³-hybridized carbons (Fsp3) is 0.414. The molecule has 0 aliphatic carbocycles. The SMILES string of the molecule is COc1c(NC(=O)c2ccc(C)c(Oc3cc(CNCCN(C)C)ncn3)c2)cc(C(C)(C)C)cc1NS(C)(=O)=O. The molecule has 0 spiro atoms. The molecular formula is C29H40N6O5S. The maximum Gasteiger partial charge on any atom is 0.255 e. The summed E-state index contributed by atoms with van der Waals surface area (Å²) in [5, 5.41) is 6.21. The molecule has 0 saturated carbocycles. The minimum Gasteiger partial charge on any atom is -0.492 e. The zero-order chi connectivity index (χ0) is 30.4. The summed E-state index contributed by atoms with van der Waals surface area (Å²) in [5.41, 5.74) is 2.99. The van der Waals surface area contributed by atoms with Gasteiger partial charge in [-0.15, -0.1) is 0 Å². The highest BCUT2D eigenvalue weighted by atomic mass is 32.2. The number of carbonyl (C=O) groups excluding carboxylic acids is 1. The summed E-state index contributed by atoms with van der Waals surface area (Å²) in [6.07, 6.45) is 2.51. The Morgan fingerprint density at radius 2 is 1.76 bits per heavy atom. The van der Waals surface area contributed by atoms with E-state index in [-0.39, 0.29) is 16.9 Å². The summed E-state index contributed by atoms with van der Waals surface area (Å²) in [5.74, 6) is 0.616. The first-order chi connectivity index (χ1) is 19.2. The van der Waals surface area contributed by atoms with Crippen LogP contribution < -0.4 is 24.8 Å². The van der Waals surface area contributed by atoms with Gasteiger partial charge in [-0.25, -0.2) is 18.4 Å². The van der Waals surface area contributed by atoms with Crippen molar-refractivity contribution in [2.75, 3.05) is 50.6 Å². The number of hydrogen-bond acceptors (Lipinski definition) is 9. The number of nitrogens with one attached hydrogen (secondary N) is 3. The normalized spacial score (nSPS) is 11.8. The van der Waals surface area contributed by atoms with Gasteiger partial charge in [0, 0.05) is 31.3 Å². The number of ether oxygens (including phenoxy) is 2. The Hall–Kier alpha value is -3.74. The summed E-state index contributed by atoms with van der Waals surface area (Å²) in [4.78, 5) is 24.0. The van der Waals surface area contributed by atoms with E-state index in [1.54, 1.807) is 36.4 Å². The Morgan fingerprint density at radius 1 is 1.05 bits per heavy atom. The maximum atomic E-state index is 13.4. The molecular weight excluding hydrogens is 544 g/mol. The number of methoxy groups -OCH3 is 1. The van der Waals surface area contributed by atoms with E-state index in [2.05, 4.69) is 30.2 Å². The van der Waals surface area contributed by atoms with E-state index in [9.17, 15) is 13.2 Å². The second-order valence-electron chi connectivity index (χ2n) is 11.1. The quantitative estimate of drug-likeness (QED) is 0.268. The Balaban J connectivity index is 1.86. The lowest BCUT2D eigenvalue weighted by Crippen LogP contribution is -2.26. The fourth-order valence-electron chi connectivity index (χ4n) is 3.86.